The second kappa shape index (κ2) is 5.23. The van der Waals surface area contributed by atoms with E-state index >= 15 is 0 Å². The molecule has 0 unspecified atom stereocenters. The van der Waals surface area contributed by atoms with Crippen LogP contribution in [0.3, 0.4) is 0 Å². The smallest absolute Gasteiger partial charge is 0.250 e. The minimum absolute atomic E-state index is 0.127. The number of anilines is 1. The van der Waals surface area contributed by atoms with Gasteiger partial charge in [-0.15, -0.1) is 0 Å². The van der Waals surface area contributed by atoms with E-state index < -0.39 is 0 Å². The lowest BCUT2D eigenvalue weighted by atomic mass is 10.2. The molecule has 1 N–H and O–H groups in total. The van der Waals surface area contributed by atoms with Crippen LogP contribution in [0.1, 0.15) is 5.76 Å². The van der Waals surface area contributed by atoms with Crippen molar-refractivity contribution < 1.29 is 14.3 Å². The summed E-state index contributed by atoms with van der Waals surface area (Å²) < 4.78 is 5.09. The Morgan fingerprint density at radius 3 is 2.83 bits per heavy atom. The molecule has 2 rings (SSSR count). The molecule has 0 saturated carbocycles. The molecular formula is C14H13NO3. The molecule has 92 valence electrons. The van der Waals surface area contributed by atoms with Crippen molar-refractivity contribution in [3.05, 3.63) is 54.5 Å². The summed E-state index contributed by atoms with van der Waals surface area (Å²) in [6.45, 7) is 0. The van der Waals surface area contributed by atoms with E-state index in [2.05, 4.69) is 0 Å². The van der Waals surface area contributed by atoms with Crippen molar-refractivity contribution in [3.8, 4) is 5.75 Å². The van der Waals surface area contributed by atoms with Crippen molar-refractivity contribution in [2.24, 2.45) is 0 Å². The fraction of sp³-hybridized carbons (Fsp3) is 0.0714. The number of phenols is 1. The Hall–Kier alpha value is -2.49. The first kappa shape index (κ1) is 12.0. The molecule has 0 atom stereocenters. The first-order valence-corrected chi connectivity index (χ1v) is 5.45. The maximum absolute atomic E-state index is 11.9. The molecule has 1 aromatic heterocycles. The van der Waals surface area contributed by atoms with Gasteiger partial charge in [-0.1, -0.05) is 6.07 Å². The normalized spacial score (nSPS) is 10.7. The van der Waals surface area contributed by atoms with Crippen molar-refractivity contribution in [2.75, 3.05) is 11.9 Å². The number of hydrogen-bond acceptors (Lipinski definition) is 3. The molecule has 0 spiro atoms. The topological polar surface area (TPSA) is 53.7 Å². The fourth-order valence-corrected chi connectivity index (χ4v) is 1.48. The molecule has 0 aliphatic heterocycles. The fourth-order valence-electron chi connectivity index (χ4n) is 1.48. The zero-order valence-corrected chi connectivity index (χ0v) is 9.91. The Bertz CT molecular complexity index is 558. The third kappa shape index (κ3) is 2.79. The van der Waals surface area contributed by atoms with E-state index in [1.165, 1.54) is 17.0 Å². The lowest BCUT2D eigenvalue weighted by molar-refractivity contribution is -0.113. The molecule has 4 heteroatoms. The van der Waals surface area contributed by atoms with Gasteiger partial charge in [-0.05, 0) is 30.3 Å². The van der Waals surface area contributed by atoms with Crippen LogP contribution in [0, 0.1) is 0 Å². The summed E-state index contributed by atoms with van der Waals surface area (Å²) in [5.41, 5.74) is 0.629. The maximum Gasteiger partial charge on any atom is 0.250 e. The van der Waals surface area contributed by atoms with Crippen LogP contribution in [0.4, 0.5) is 5.69 Å². The monoisotopic (exact) mass is 243 g/mol. The number of aromatic hydroxyl groups is 1. The molecule has 0 fully saturated rings. The van der Waals surface area contributed by atoms with Gasteiger partial charge in [0.15, 0.2) is 0 Å². The molecule has 4 nitrogen and oxygen atoms in total. The summed E-state index contributed by atoms with van der Waals surface area (Å²) in [4.78, 5) is 13.3. The minimum Gasteiger partial charge on any atom is -0.508 e. The van der Waals surface area contributed by atoms with Crippen molar-refractivity contribution in [1.29, 1.82) is 0 Å². The van der Waals surface area contributed by atoms with Crippen molar-refractivity contribution in [1.82, 2.24) is 0 Å². The highest BCUT2D eigenvalue weighted by molar-refractivity contribution is 6.03. The third-order valence-electron chi connectivity index (χ3n) is 2.48. The van der Waals surface area contributed by atoms with Gasteiger partial charge in [-0.25, -0.2) is 0 Å². The van der Waals surface area contributed by atoms with Gasteiger partial charge in [-0.3, -0.25) is 4.79 Å². The number of benzene rings is 1. The van der Waals surface area contributed by atoms with E-state index in [9.17, 15) is 9.90 Å². The van der Waals surface area contributed by atoms with Crippen LogP contribution < -0.4 is 4.90 Å². The molecule has 0 bridgehead atoms. The summed E-state index contributed by atoms with van der Waals surface area (Å²) in [6.07, 6.45) is 4.56. The van der Waals surface area contributed by atoms with Gasteiger partial charge in [0, 0.05) is 24.9 Å². The molecule has 1 amide bonds. The van der Waals surface area contributed by atoms with Crippen LogP contribution in [0.5, 0.6) is 5.75 Å². The van der Waals surface area contributed by atoms with E-state index in [-0.39, 0.29) is 11.7 Å². The number of amides is 1. The summed E-state index contributed by atoms with van der Waals surface area (Å²) in [5, 5.41) is 9.35. The summed E-state index contributed by atoms with van der Waals surface area (Å²) >= 11 is 0. The van der Waals surface area contributed by atoms with Crippen LogP contribution >= 0.6 is 0 Å². The number of nitrogens with zero attached hydrogens (tertiary/aromatic N) is 1. The van der Waals surface area contributed by atoms with E-state index in [1.54, 1.807) is 49.7 Å². The van der Waals surface area contributed by atoms with Gasteiger partial charge in [0.2, 0.25) is 0 Å². The van der Waals surface area contributed by atoms with Crippen LogP contribution in [0.2, 0.25) is 0 Å². The molecule has 1 aromatic carbocycles. The van der Waals surface area contributed by atoms with E-state index in [4.69, 9.17) is 4.42 Å². The van der Waals surface area contributed by atoms with Crippen LogP contribution in [-0.4, -0.2) is 18.1 Å². The van der Waals surface area contributed by atoms with Gasteiger partial charge in [0.1, 0.15) is 11.5 Å². The minimum atomic E-state index is -0.197. The predicted octanol–water partition coefficient (Wildman–Crippen LogP) is 2.66. The second-order valence-corrected chi connectivity index (χ2v) is 3.77. The SMILES string of the molecule is CN(C(=O)/C=C/c1ccco1)c1cccc(O)c1. The zero-order valence-electron chi connectivity index (χ0n) is 9.91. The standard InChI is InChI=1S/C14H13NO3/c1-15(11-4-2-5-12(16)10-11)14(17)8-7-13-6-3-9-18-13/h2-10,16H,1H3/b8-7+. The lowest BCUT2D eigenvalue weighted by Gasteiger charge is -2.15. The first-order valence-electron chi connectivity index (χ1n) is 5.45. The van der Waals surface area contributed by atoms with Crippen molar-refractivity contribution >= 4 is 17.7 Å². The van der Waals surface area contributed by atoms with E-state index in [0.717, 1.165) is 0 Å². The summed E-state index contributed by atoms with van der Waals surface area (Å²) in [7, 11) is 1.64. The Labute approximate surface area is 105 Å². The molecule has 0 aliphatic carbocycles. The van der Waals surface area contributed by atoms with Crippen LogP contribution in [0.15, 0.2) is 53.2 Å². The molecule has 0 saturated heterocycles. The van der Waals surface area contributed by atoms with Crippen LogP contribution in [-0.2, 0) is 4.79 Å². The Morgan fingerprint density at radius 2 is 2.17 bits per heavy atom. The molecule has 1 heterocycles. The molecular weight excluding hydrogens is 230 g/mol. The average molecular weight is 243 g/mol. The Balaban J connectivity index is 2.09. The average Bonchev–Trinajstić information content (AvgIpc) is 2.88. The summed E-state index contributed by atoms with van der Waals surface area (Å²) in [5.74, 6) is 0.548. The highest BCUT2D eigenvalue weighted by Crippen LogP contribution is 2.19. The van der Waals surface area contributed by atoms with Crippen molar-refractivity contribution in [2.45, 2.75) is 0 Å². The van der Waals surface area contributed by atoms with Gasteiger partial charge in [0.25, 0.3) is 5.91 Å². The molecule has 0 aliphatic rings. The van der Waals surface area contributed by atoms with E-state index in [0.29, 0.717) is 11.4 Å². The number of carbonyl (C=O) groups excluding carboxylic acids is 1. The Morgan fingerprint density at radius 1 is 1.33 bits per heavy atom. The van der Waals surface area contributed by atoms with Crippen LogP contribution in [0.25, 0.3) is 6.08 Å². The quantitative estimate of drug-likeness (QED) is 0.843. The molecule has 2 aromatic rings. The predicted molar refractivity (Wildman–Crippen MR) is 69.3 cm³/mol. The Kier molecular flexibility index (Phi) is 3.48. The van der Waals surface area contributed by atoms with Gasteiger partial charge in [0.05, 0.1) is 6.26 Å². The number of furan rings is 1. The van der Waals surface area contributed by atoms with Gasteiger partial charge < -0.3 is 14.4 Å². The number of likely N-dealkylation sites (N-methyl/N-ethyl adjacent to an activating group) is 1. The highest BCUT2D eigenvalue weighted by atomic mass is 16.3. The molecule has 18 heavy (non-hydrogen) atoms. The second-order valence-electron chi connectivity index (χ2n) is 3.77. The number of phenolic OH excluding ortho intramolecular Hbond substituents is 1. The zero-order chi connectivity index (χ0) is 13.0. The lowest BCUT2D eigenvalue weighted by Crippen LogP contribution is -2.23. The number of rotatable bonds is 3. The van der Waals surface area contributed by atoms with Gasteiger partial charge in [-0.2, -0.15) is 0 Å². The van der Waals surface area contributed by atoms with Crippen molar-refractivity contribution in [3.63, 3.8) is 0 Å². The highest BCUT2D eigenvalue weighted by Gasteiger charge is 2.07. The molecule has 0 radical (unpaired) electrons. The summed E-state index contributed by atoms with van der Waals surface area (Å²) in [6, 6.07) is 10.0. The number of hydrogen-bond donors (Lipinski definition) is 1. The largest absolute Gasteiger partial charge is 0.508 e. The maximum atomic E-state index is 11.9. The number of carbonyl (C=O) groups is 1. The first-order chi connectivity index (χ1) is 8.66. The van der Waals surface area contributed by atoms with Gasteiger partial charge >= 0.3 is 0 Å². The van der Waals surface area contributed by atoms with E-state index in [1.807, 2.05) is 0 Å². The third-order valence-corrected chi connectivity index (χ3v) is 2.48.